The van der Waals surface area contributed by atoms with E-state index in [2.05, 4.69) is 20.2 Å². The smallest absolute Gasteiger partial charge is 0.346 e. The van der Waals surface area contributed by atoms with Crippen LogP contribution in [-0.4, -0.2) is 39.5 Å². The Bertz CT molecular complexity index is 696. The number of alkyl halides is 9. The molecule has 0 aliphatic carbocycles. The van der Waals surface area contributed by atoms with E-state index in [4.69, 9.17) is 11.6 Å². The first-order chi connectivity index (χ1) is 12.0. The number of anilines is 1. The van der Waals surface area contributed by atoms with Crippen LogP contribution in [0, 0.1) is 0 Å². The zero-order chi connectivity index (χ0) is 21.3. The third kappa shape index (κ3) is 5.47. The zero-order valence-electron chi connectivity index (χ0n) is 12.3. The second-order valence-electron chi connectivity index (χ2n) is 4.35. The SMILES string of the molecule is C/C(Cl)=N\OC(NC(=O)Nc1nnc(C(F)(F)F)s1)(C(F)(F)F)C(F)(F)F. The van der Waals surface area contributed by atoms with E-state index in [1.54, 1.807) is 0 Å². The zero-order valence-corrected chi connectivity index (χ0v) is 13.9. The Labute approximate surface area is 151 Å². The molecule has 1 aromatic rings. The number of nitrogens with zero attached hydrogens (tertiary/aromatic N) is 3. The van der Waals surface area contributed by atoms with Crippen molar-refractivity contribution in [2.24, 2.45) is 5.16 Å². The third-order valence-corrected chi connectivity index (χ3v) is 3.24. The fraction of sp³-hybridized carbons (Fsp3) is 0.556. The molecule has 0 saturated heterocycles. The highest BCUT2D eigenvalue weighted by molar-refractivity contribution is 7.15. The van der Waals surface area contributed by atoms with Gasteiger partial charge in [0, 0.05) is 0 Å². The largest absolute Gasteiger partial charge is 0.461 e. The maximum absolute atomic E-state index is 13.0. The quantitative estimate of drug-likeness (QED) is 0.311. The Morgan fingerprint density at radius 3 is 1.96 bits per heavy atom. The summed E-state index contributed by atoms with van der Waals surface area (Å²) in [5, 5.41) is 5.88. The lowest BCUT2D eigenvalue weighted by atomic mass is 10.2. The number of urea groups is 1. The lowest BCUT2D eigenvalue weighted by Crippen LogP contribution is -2.69. The molecule has 0 fully saturated rings. The van der Waals surface area contributed by atoms with Gasteiger partial charge in [-0.2, -0.15) is 39.5 Å². The maximum Gasteiger partial charge on any atom is 0.461 e. The Morgan fingerprint density at radius 2 is 1.59 bits per heavy atom. The summed E-state index contributed by atoms with van der Waals surface area (Å²) >= 11 is 4.69. The Hall–Kier alpha value is -2.04. The molecular weight excluding hydrogens is 449 g/mol. The molecule has 0 saturated carbocycles. The number of aromatic nitrogens is 2. The van der Waals surface area contributed by atoms with Crippen molar-refractivity contribution in [2.75, 3.05) is 5.32 Å². The lowest BCUT2D eigenvalue weighted by molar-refractivity contribution is -0.388. The second-order valence-corrected chi connectivity index (χ2v) is 5.87. The van der Waals surface area contributed by atoms with Crippen molar-refractivity contribution < 1.29 is 49.1 Å². The van der Waals surface area contributed by atoms with Gasteiger partial charge in [0.1, 0.15) is 5.17 Å². The minimum Gasteiger partial charge on any atom is -0.346 e. The molecule has 0 spiro atoms. The van der Waals surface area contributed by atoms with Crippen LogP contribution < -0.4 is 10.6 Å². The van der Waals surface area contributed by atoms with Gasteiger partial charge in [-0.05, 0) is 6.92 Å². The number of hydrogen-bond acceptors (Lipinski definition) is 6. The first-order valence-corrected chi connectivity index (χ1v) is 7.20. The summed E-state index contributed by atoms with van der Waals surface area (Å²) in [7, 11) is 0. The van der Waals surface area contributed by atoms with Crippen LogP contribution in [-0.2, 0) is 11.0 Å². The van der Waals surface area contributed by atoms with Gasteiger partial charge in [0.05, 0.1) is 0 Å². The molecule has 27 heavy (non-hydrogen) atoms. The Morgan fingerprint density at radius 1 is 1.07 bits per heavy atom. The maximum atomic E-state index is 13.0. The van der Waals surface area contributed by atoms with E-state index in [1.165, 1.54) is 5.32 Å². The molecule has 0 aliphatic rings. The molecule has 0 bridgehead atoms. The molecule has 0 radical (unpaired) electrons. The minimum atomic E-state index is -6.29. The van der Waals surface area contributed by atoms with Gasteiger partial charge in [-0.25, -0.2) is 4.79 Å². The highest BCUT2D eigenvalue weighted by atomic mass is 35.5. The molecule has 0 unspecified atom stereocenters. The van der Waals surface area contributed by atoms with E-state index in [9.17, 15) is 44.3 Å². The van der Waals surface area contributed by atoms with Crippen LogP contribution in [0.1, 0.15) is 11.9 Å². The molecule has 0 aliphatic heterocycles. The highest BCUT2D eigenvalue weighted by Crippen LogP contribution is 2.44. The van der Waals surface area contributed by atoms with E-state index in [0.717, 1.165) is 6.92 Å². The average Bonchev–Trinajstić information content (AvgIpc) is 2.88. The molecule has 154 valence electrons. The van der Waals surface area contributed by atoms with E-state index in [0.29, 0.717) is 5.32 Å². The van der Waals surface area contributed by atoms with E-state index in [-0.39, 0.29) is 11.3 Å². The Balaban J connectivity index is 3.16. The van der Waals surface area contributed by atoms with Crippen molar-refractivity contribution in [3.63, 3.8) is 0 Å². The van der Waals surface area contributed by atoms with Gasteiger partial charge >= 0.3 is 30.3 Å². The van der Waals surface area contributed by atoms with Crippen LogP contribution in [0.3, 0.4) is 0 Å². The standard InChI is InChI=1S/C9H5ClF9N5O2S/c1-2(10)24-26-7(8(14,15)16,9(17,18)19)21-4(25)20-5-23-22-3(27-5)6(11,12)13/h1H3,(H2,20,21,23,25)/b24-2+. The number of oxime groups is 1. The van der Waals surface area contributed by atoms with Gasteiger partial charge in [0.25, 0.3) is 0 Å². The Kier molecular flexibility index (Phi) is 6.41. The predicted octanol–water partition coefficient (Wildman–Crippen LogP) is 4.09. The van der Waals surface area contributed by atoms with Gasteiger partial charge in [-0.1, -0.05) is 28.1 Å². The van der Waals surface area contributed by atoms with Crippen molar-refractivity contribution >= 4 is 39.3 Å². The van der Waals surface area contributed by atoms with Crippen LogP contribution in [0.15, 0.2) is 5.16 Å². The summed E-state index contributed by atoms with van der Waals surface area (Å²) in [4.78, 5) is 14.9. The predicted molar refractivity (Wildman–Crippen MR) is 72.0 cm³/mol. The van der Waals surface area contributed by atoms with Gasteiger partial charge < -0.3 is 4.84 Å². The molecular formula is C9H5ClF9N5O2S. The van der Waals surface area contributed by atoms with Crippen molar-refractivity contribution in [2.45, 2.75) is 31.2 Å². The van der Waals surface area contributed by atoms with E-state index in [1.807, 2.05) is 0 Å². The number of nitrogens with one attached hydrogen (secondary N) is 2. The highest BCUT2D eigenvalue weighted by Gasteiger charge is 2.76. The minimum absolute atomic E-state index is 0.344. The van der Waals surface area contributed by atoms with Gasteiger partial charge in [-0.15, -0.1) is 10.2 Å². The van der Waals surface area contributed by atoms with Gasteiger partial charge in [-0.3, -0.25) is 10.6 Å². The number of carbonyl (C=O) groups excluding carboxylic acids is 1. The van der Waals surface area contributed by atoms with E-state index >= 15 is 0 Å². The second kappa shape index (κ2) is 7.53. The summed E-state index contributed by atoms with van der Waals surface area (Å²) in [6.45, 7) is 0.777. The van der Waals surface area contributed by atoms with Crippen molar-refractivity contribution in [1.29, 1.82) is 0 Å². The number of amides is 2. The molecule has 0 aromatic carbocycles. The third-order valence-electron chi connectivity index (χ3n) is 2.28. The van der Waals surface area contributed by atoms with Crippen LogP contribution in [0.4, 0.5) is 49.4 Å². The first-order valence-electron chi connectivity index (χ1n) is 6.01. The topological polar surface area (TPSA) is 88.5 Å². The molecule has 18 heteroatoms. The summed E-state index contributed by atoms with van der Waals surface area (Å²) in [5.41, 5.74) is -5.35. The summed E-state index contributed by atoms with van der Waals surface area (Å²) < 4.78 is 115. The summed E-state index contributed by atoms with van der Waals surface area (Å²) in [6.07, 6.45) is -17.6. The van der Waals surface area contributed by atoms with Crippen molar-refractivity contribution in [1.82, 2.24) is 15.5 Å². The number of hydrogen-bond donors (Lipinski definition) is 2. The monoisotopic (exact) mass is 453 g/mol. The van der Waals surface area contributed by atoms with Crippen LogP contribution >= 0.6 is 22.9 Å². The van der Waals surface area contributed by atoms with Crippen LogP contribution in [0.5, 0.6) is 0 Å². The molecule has 2 amide bonds. The van der Waals surface area contributed by atoms with Crippen molar-refractivity contribution in [3.05, 3.63) is 5.01 Å². The van der Waals surface area contributed by atoms with E-state index < -0.39 is 45.6 Å². The molecule has 1 aromatic heterocycles. The molecule has 2 N–H and O–H groups in total. The summed E-state index contributed by atoms with van der Waals surface area (Å²) in [6, 6.07) is -2.25. The number of rotatable bonds is 4. The average molecular weight is 454 g/mol. The fourth-order valence-electron chi connectivity index (χ4n) is 1.24. The van der Waals surface area contributed by atoms with Gasteiger partial charge in [0.2, 0.25) is 10.1 Å². The number of carbonyl (C=O) groups is 1. The summed E-state index contributed by atoms with van der Waals surface area (Å²) in [5.74, 6) is 0. The number of halogens is 10. The molecule has 1 heterocycles. The molecule has 1 rings (SSSR count). The first kappa shape index (κ1) is 23.0. The van der Waals surface area contributed by atoms with Gasteiger partial charge in [0.15, 0.2) is 0 Å². The lowest BCUT2D eigenvalue weighted by Gasteiger charge is -2.34. The fourth-order valence-corrected chi connectivity index (χ4v) is 1.88. The van der Waals surface area contributed by atoms with Crippen LogP contribution in [0.25, 0.3) is 0 Å². The van der Waals surface area contributed by atoms with Crippen molar-refractivity contribution in [3.8, 4) is 0 Å². The molecule has 0 atom stereocenters. The normalized spacial score (nSPS) is 14.1. The van der Waals surface area contributed by atoms with Crippen LogP contribution in [0.2, 0.25) is 0 Å². The molecule has 7 nitrogen and oxygen atoms in total.